The number of H-pyrrole nitrogens is 1. The third kappa shape index (κ3) is 1.66. The molecule has 0 fully saturated rings. The maximum atomic E-state index is 11.0. The van der Waals surface area contributed by atoms with Crippen molar-refractivity contribution >= 4 is 28.1 Å². The van der Waals surface area contributed by atoms with E-state index in [2.05, 4.69) is 15.2 Å². The maximum Gasteiger partial charge on any atom is 0.343 e. The molecule has 0 radical (unpaired) electrons. The van der Waals surface area contributed by atoms with Gasteiger partial charge in [-0.25, -0.2) is 14.9 Å². The molecular weight excluding hydrogens is 222 g/mol. The number of rotatable bonds is 2. The second-order valence-corrected chi connectivity index (χ2v) is 4.78. The number of hydrogen-bond acceptors (Lipinski definition) is 6. The van der Waals surface area contributed by atoms with E-state index in [0.29, 0.717) is 10.2 Å². The van der Waals surface area contributed by atoms with Crippen LogP contribution in [0, 0.1) is 0 Å². The Bertz CT molecular complexity index is 498. The highest BCUT2D eigenvalue weighted by molar-refractivity contribution is 8.00. The first-order valence-corrected chi connectivity index (χ1v) is 5.30. The fourth-order valence-corrected chi connectivity index (χ4v) is 2.48. The van der Waals surface area contributed by atoms with Crippen LogP contribution in [0.3, 0.4) is 0 Å². The fraction of sp³-hybridized carbons (Fsp3) is 0.167. The van der Waals surface area contributed by atoms with Crippen LogP contribution in [0.4, 0.5) is 5.00 Å². The molecule has 3 N–H and O–H groups in total. The zero-order valence-electron chi connectivity index (χ0n) is 7.22. The lowest BCUT2D eigenvalue weighted by atomic mass is 10.9. The van der Waals surface area contributed by atoms with Gasteiger partial charge < -0.3 is 5.73 Å². The first-order chi connectivity index (χ1) is 6.66. The topological polar surface area (TPSA) is 89.6 Å². The molecule has 0 unspecified atom stereocenters. The van der Waals surface area contributed by atoms with Gasteiger partial charge in [-0.1, -0.05) is 11.3 Å². The van der Waals surface area contributed by atoms with Gasteiger partial charge in [-0.2, -0.15) is 0 Å². The summed E-state index contributed by atoms with van der Waals surface area (Å²) in [5, 5.41) is 7.40. The average molecular weight is 229 g/mol. The largest absolute Gasteiger partial charge is 0.389 e. The zero-order chi connectivity index (χ0) is 10.1. The average Bonchev–Trinajstić information content (AvgIpc) is 2.67. The van der Waals surface area contributed by atoms with E-state index in [-0.39, 0.29) is 5.69 Å². The molecule has 6 nitrogen and oxygen atoms in total. The lowest BCUT2D eigenvalue weighted by Gasteiger charge is -1.93. The predicted molar refractivity (Wildman–Crippen MR) is 54.5 cm³/mol. The van der Waals surface area contributed by atoms with Crippen LogP contribution in [0.5, 0.6) is 0 Å². The molecule has 0 amide bonds. The Kier molecular flexibility index (Phi) is 2.30. The number of aromatic amines is 1. The summed E-state index contributed by atoms with van der Waals surface area (Å²) in [5.41, 5.74) is 5.28. The molecule has 0 saturated heterocycles. The molecule has 8 heteroatoms. The maximum absolute atomic E-state index is 11.0. The number of nitrogen functional groups attached to an aromatic ring is 1. The van der Waals surface area contributed by atoms with Crippen LogP contribution in [0.15, 0.2) is 20.5 Å². The van der Waals surface area contributed by atoms with Gasteiger partial charge in [0.25, 0.3) is 0 Å². The second-order valence-electron chi connectivity index (χ2n) is 2.50. The van der Waals surface area contributed by atoms with Crippen molar-refractivity contribution in [2.45, 2.75) is 9.50 Å². The number of nitrogens with zero attached hydrogens (tertiary/aromatic N) is 3. The molecule has 2 heterocycles. The third-order valence-corrected chi connectivity index (χ3v) is 3.47. The van der Waals surface area contributed by atoms with Crippen LogP contribution >= 0.6 is 23.1 Å². The van der Waals surface area contributed by atoms with E-state index in [1.54, 1.807) is 13.2 Å². The summed E-state index contributed by atoms with van der Waals surface area (Å²) in [7, 11) is 1.64. The third-order valence-electron chi connectivity index (χ3n) is 1.52. The molecule has 2 rings (SSSR count). The lowest BCUT2D eigenvalue weighted by Crippen LogP contribution is -2.12. The van der Waals surface area contributed by atoms with Crippen molar-refractivity contribution in [2.75, 3.05) is 5.73 Å². The Morgan fingerprint density at radius 3 is 3.00 bits per heavy atom. The number of hydrogen-bond donors (Lipinski definition) is 2. The van der Waals surface area contributed by atoms with Crippen LogP contribution in [-0.4, -0.2) is 19.7 Å². The molecule has 2 aromatic heterocycles. The highest BCUT2D eigenvalue weighted by Crippen LogP contribution is 2.29. The van der Waals surface area contributed by atoms with E-state index in [1.807, 2.05) is 0 Å². The van der Waals surface area contributed by atoms with Gasteiger partial charge in [0, 0.05) is 7.05 Å². The van der Waals surface area contributed by atoms with Crippen LogP contribution in [-0.2, 0) is 7.05 Å². The Balaban J connectivity index is 2.27. The number of anilines is 1. The Morgan fingerprint density at radius 2 is 2.50 bits per heavy atom. The van der Waals surface area contributed by atoms with Gasteiger partial charge in [0.1, 0.15) is 5.00 Å². The molecule has 0 saturated carbocycles. The quantitative estimate of drug-likeness (QED) is 0.773. The van der Waals surface area contributed by atoms with Crippen LogP contribution < -0.4 is 11.4 Å². The van der Waals surface area contributed by atoms with Gasteiger partial charge in [0.2, 0.25) is 0 Å². The smallest absolute Gasteiger partial charge is 0.343 e. The minimum absolute atomic E-state index is 0.239. The van der Waals surface area contributed by atoms with Crippen molar-refractivity contribution < 1.29 is 0 Å². The Morgan fingerprint density at radius 1 is 1.71 bits per heavy atom. The summed E-state index contributed by atoms with van der Waals surface area (Å²) >= 11 is 2.66. The van der Waals surface area contributed by atoms with Crippen LogP contribution in [0.2, 0.25) is 0 Å². The highest BCUT2D eigenvalue weighted by Gasteiger charge is 2.08. The van der Waals surface area contributed by atoms with E-state index in [4.69, 9.17) is 5.73 Å². The second kappa shape index (κ2) is 3.46. The molecule has 0 spiro atoms. The number of aromatic nitrogens is 4. The summed E-state index contributed by atoms with van der Waals surface area (Å²) < 4.78 is 2.19. The van der Waals surface area contributed by atoms with Gasteiger partial charge in [0.05, 0.1) is 6.20 Å². The van der Waals surface area contributed by atoms with Crippen molar-refractivity contribution in [1.82, 2.24) is 19.7 Å². The van der Waals surface area contributed by atoms with Gasteiger partial charge in [-0.3, -0.25) is 4.57 Å². The molecule has 0 aromatic carbocycles. The molecule has 2 aromatic rings. The predicted octanol–water partition coefficient (Wildman–Crippen LogP) is 0.298. The number of thiazole rings is 1. The molecular formula is C6H7N5OS2. The summed E-state index contributed by atoms with van der Waals surface area (Å²) in [5.74, 6) is 0. The SMILES string of the molecule is Cn1c(Sc2ncc(N)s2)n[nH]c1=O. The number of nitrogens with one attached hydrogen (secondary N) is 1. The van der Waals surface area contributed by atoms with Gasteiger partial charge in [-0.15, -0.1) is 5.10 Å². The van der Waals surface area contributed by atoms with Gasteiger partial charge in [-0.05, 0) is 11.8 Å². The van der Waals surface area contributed by atoms with E-state index < -0.39 is 0 Å². The molecule has 0 atom stereocenters. The Labute approximate surface area is 87.2 Å². The summed E-state index contributed by atoms with van der Waals surface area (Å²) in [6.07, 6.45) is 1.58. The highest BCUT2D eigenvalue weighted by atomic mass is 32.2. The monoisotopic (exact) mass is 229 g/mol. The van der Waals surface area contributed by atoms with Gasteiger partial charge >= 0.3 is 5.69 Å². The summed E-state index contributed by atoms with van der Waals surface area (Å²) in [6.45, 7) is 0. The first-order valence-electron chi connectivity index (χ1n) is 3.67. The van der Waals surface area contributed by atoms with E-state index >= 15 is 0 Å². The molecule has 0 aliphatic heterocycles. The molecule has 14 heavy (non-hydrogen) atoms. The van der Waals surface area contributed by atoms with E-state index in [9.17, 15) is 4.79 Å². The molecule has 0 bridgehead atoms. The van der Waals surface area contributed by atoms with Crippen molar-refractivity contribution in [3.63, 3.8) is 0 Å². The summed E-state index contributed by atoms with van der Waals surface area (Å²) in [4.78, 5) is 15.1. The van der Waals surface area contributed by atoms with Crippen LogP contribution in [0.1, 0.15) is 0 Å². The molecule has 0 aliphatic rings. The van der Waals surface area contributed by atoms with Crippen molar-refractivity contribution in [3.8, 4) is 0 Å². The molecule has 0 aliphatic carbocycles. The fourth-order valence-electron chi connectivity index (χ4n) is 0.819. The van der Waals surface area contributed by atoms with Crippen LogP contribution in [0.25, 0.3) is 0 Å². The van der Waals surface area contributed by atoms with Crippen molar-refractivity contribution in [1.29, 1.82) is 0 Å². The lowest BCUT2D eigenvalue weighted by molar-refractivity contribution is 0.765. The zero-order valence-corrected chi connectivity index (χ0v) is 8.85. The Hall–Kier alpha value is -1.28. The van der Waals surface area contributed by atoms with Crippen molar-refractivity contribution in [2.24, 2.45) is 7.05 Å². The molecule has 74 valence electrons. The number of nitrogens with two attached hydrogens (primary N) is 1. The van der Waals surface area contributed by atoms with E-state index in [0.717, 1.165) is 4.34 Å². The van der Waals surface area contributed by atoms with Gasteiger partial charge in [0.15, 0.2) is 9.50 Å². The minimum Gasteiger partial charge on any atom is -0.389 e. The standard InChI is InChI=1S/C6H7N5OS2/c1-11-4(12)9-10-5(11)14-6-8-2-3(7)13-6/h2H,7H2,1H3,(H,9,12). The summed E-state index contributed by atoms with van der Waals surface area (Å²) in [6, 6.07) is 0. The van der Waals surface area contributed by atoms with Crippen molar-refractivity contribution in [3.05, 3.63) is 16.7 Å². The first kappa shape index (κ1) is 9.28. The minimum atomic E-state index is -0.239. The normalized spacial score (nSPS) is 10.6. The van der Waals surface area contributed by atoms with E-state index in [1.165, 1.54) is 27.7 Å².